The molecular formula is C29H33F17O3. The van der Waals surface area contributed by atoms with Gasteiger partial charge in [0.05, 0.1) is 25.2 Å². The maximum Gasteiger partial charge on any atom is 0.460 e. The van der Waals surface area contributed by atoms with E-state index in [1.807, 2.05) is 0 Å². The average molecular weight is 753 g/mol. The normalized spacial score (nSPS) is 14.2. The summed E-state index contributed by atoms with van der Waals surface area (Å²) in [7, 11) is 0. The largest absolute Gasteiger partial charge is 0.493 e. The average Bonchev–Trinajstić information content (AvgIpc) is 2.98. The van der Waals surface area contributed by atoms with Crippen molar-refractivity contribution in [3.8, 4) is 5.75 Å². The maximum atomic E-state index is 14.0. The summed E-state index contributed by atoms with van der Waals surface area (Å²) < 4.78 is 237. The number of carbonyl (C=O) groups is 1. The maximum absolute atomic E-state index is 14.0. The van der Waals surface area contributed by atoms with Crippen molar-refractivity contribution in [3.05, 3.63) is 29.8 Å². The van der Waals surface area contributed by atoms with Crippen LogP contribution in [0.1, 0.15) is 87.9 Å². The van der Waals surface area contributed by atoms with Gasteiger partial charge in [-0.3, -0.25) is 0 Å². The van der Waals surface area contributed by atoms with Crippen molar-refractivity contribution in [1.29, 1.82) is 0 Å². The second-order valence-corrected chi connectivity index (χ2v) is 11.1. The first-order valence-corrected chi connectivity index (χ1v) is 14.8. The van der Waals surface area contributed by atoms with Gasteiger partial charge in [-0.05, 0) is 30.7 Å². The molecule has 1 rings (SSSR count). The first kappa shape index (κ1) is 44.3. The lowest BCUT2D eigenvalue weighted by Crippen LogP contribution is -2.74. The molecular weight excluding hydrogens is 719 g/mol. The highest BCUT2D eigenvalue weighted by Crippen LogP contribution is 2.64. The molecule has 49 heavy (non-hydrogen) atoms. The number of unbranched alkanes of at least 4 members (excludes halogenated alkanes) is 9. The number of ether oxygens (including phenoxy) is 2. The highest BCUT2D eigenvalue weighted by molar-refractivity contribution is 5.89. The minimum absolute atomic E-state index is 0.0505. The molecule has 1 aromatic carbocycles. The van der Waals surface area contributed by atoms with E-state index in [0.717, 1.165) is 62.8 Å². The van der Waals surface area contributed by atoms with Crippen LogP contribution in [0.15, 0.2) is 24.3 Å². The molecule has 0 fully saturated rings. The number of halogens is 17. The summed E-state index contributed by atoms with van der Waals surface area (Å²) in [6.45, 7) is 0.381. The molecule has 0 amide bonds. The number of benzene rings is 1. The van der Waals surface area contributed by atoms with Crippen LogP contribution in [0.5, 0.6) is 5.75 Å². The van der Waals surface area contributed by atoms with E-state index in [1.165, 1.54) is 19.3 Å². The van der Waals surface area contributed by atoms with Gasteiger partial charge in [-0.2, -0.15) is 74.6 Å². The molecule has 0 bridgehead atoms. The van der Waals surface area contributed by atoms with Gasteiger partial charge < -0.3 is 9.47 Å². The van der Waals surface area contributed by atoms with Gasteiger partial charge in [-0.1, -0.05) is 64.7 Å². The summed E-state index contributed by atoms with van der Waals surface area (Å²) in [4.78, 5) is 12.1. The molecule has 0 aromatic heterocycles. The highest BCUT2D eigenvalue weighted by Gasteiger charge is 2.95. The predicted molar refractivity (Wildman–Crippen MR) is 139 cm³/mol. The summed E-state index contributed by atoms with van der Waals surface area (Å²) in [5, 5.41) is 0. The molecule has 0 atom stereocenters. The molecule has 1 aromatic rings. The predicted octanol–water partition coefficient (Wildman–Crippen LogP) is 11.5. The zero-order valence-electron chi connectivity index (χ0n) is 25.7. The quantitative estimate of drug-likeness (QED) is 0.0672. The van der Waals surface area contributed by atoms with Crippen LogP contribution in [0.3, 0.4) is 0 Å². The Morgan fingerprint density at radius 2 is 0.898 bits per heavy atom. The first-order chi connectivity index (χ1) is 22.2. The van der Waals surface area contributed by atoms with Crippen molar-refractivity contribution in [1.82, 2.24) is 0 Å². The molecule has 0 saturated heterocycles. The van der Waals surface area contributed by atoms with Crippen LogP contribution in [-0.2, 0) is 4.74 Å². The summed E-state index contributed by atoms with van der Waals surface area (Å²) in [6.07, 6.45) is -0.352. The van der Waals surface area contributed by atoms with Crippen molar-refractivity contribution in [2.75, 3.05) is 13.2 Å². The summed E-state index contributed by atoms with van der Waals surface area (Å²) >= 11 is 0. The molecule has 0 aliphatic heterocycles. The van der Waals surface area contributed by atoms with Crippen molar-refractivity contribution >= 4 is 5.97 Å². The van der Waals surface area contributed by atoms with Gasteiger partial charge in [-0.15, -0.1) is 0 Å². The minimum atomic E-state index is -8.67. The van der Waals surface area contributed by atoms with E-state index in [1.54, 1.807) is 0 Å². The van der Waals surface area contributed by atoms with Crippen LogP contribution in [0.2, 0.25) is 0 Å². The summed E-state index contributed by atoms with van der Waals surface area (Å²) in [5.74, 6) is -58.1. The third-order valence-corrected chi connectivity index (χ3v) is 7.29. The van der Waals surface area contributed by atoms with Gasteiger partial charge >= 0.3 is 53.6 Å². The fourth-order valence-corrected chi connectivity index (χ4v) is 4.18. The third kappa shape index (κ3) is 9.55. The molecule has 0 unspecified atom stereocenters. The number of rotatable bonds is 22. The summed E-state index contributed by atoms with van der Waals surface area (Å²) in [5.41, 5.74) is -0.119. The van der Waals surface area contributed by atoms with Crippen molar-refractivity contribution < 1.29 is 88.9 Å². The topological polar surface area (TPSA) is 35.5 Å². The van der Waals surface area contributed by atoms with Gasteiger partial charge in [0.25, 0.3) is 0 Å². The van der Waals surface area contributed by atoms with Gasteiger partial charge in [0.2, 0.25) is 0 Å². The van der Waals surface area contributed by atoms with Gasteiger partial charge in [0, 0.05) is 0 Å². The molecule has 0 radical (unpaired) electrons. The number of hydrogen-bond donors (Lipinski definition) is 0. The highest BCUT2D eigenvalue weighted by atomic mass is 19.4. The van der Waals surface area contributed by atoms with E-state index in [0.29, 0.717) is 6.42 Å². The minimum Gasteiger partial charge on any atom is -0.493 e. The van der Waals surface area contributed by atoms with Crippen LogP contribution in [-0.4, -0.2) is 66.8 Å². The van der Waals surface area contributed by atoms with E-state index >= 15 is 0 Å². The molecule has 20 heteroatoms. The number of alkyl halides is 17. The van der Waals surface area contributed by atoms with Crippen LogP contribution in [0.25, 0.3) is 0 Å². The Balaban J connectivity index is 2.79. The molecule has 0 aliphatic carbocycles. The molecule has 3 nitrogen and oxygen atoms in total. The van der Waals surface area contributed by atoms with E-state index in [9.17, 15) is 79.4 Å². The zero-order valence-corrected chi connectivity index (χ0v) is 25.7. The Labute approximate surface area is 269 Å². The molecule has 0 aliphatic rings. The van der Waals surface area contributed by atoms with E-state index < -0.39 is 72.4 Å². The molecule has 0 N–H and O–H groups in total. The van der Waals surface area contributed by atoms with E-state index in [2.05, 4.69) is 11.7 Å². The Morgan fingerprint density at radius 3 is 1.33 bits per heavy atom. The molecule has 0 spiro atoms. The van der Waals surface area contributed by atoms with Crippen molar-refractivity contribution in [2.24, 2.45) is 0 Å². The lowest BCUT2D eigenvalue weighted by Gasteiger charge is -2.42. The first-order valence-electron chi connectivity index (χ1n) is 14.8. The number of esters is 1. The summed E-state index contributed by atoms with van der Waals surface area (Å²) in [6, 6.07) is 3.69. The Kier molecular flexibility index (Phi) is 15.0. The smallest absolute Gasteiger partial charge is 0.460 e. The number of hydrogen-bond acceptors (Lipinski definition) is 3. The standard InChI is InChI=1S/C29H33F17O3/c1-2-3-4-5-6-7-8-9-10-11-17-49-21(47)19-12-14-20(15-13-19)48-18-16-22(30,31)23(32,33)24(34,35)25(36,37)26(38,39)27(40,41)28(42,43)29(44,45)46/h12-15H,2-11,16-18H2,1H3. The van der Waals surface area contributed by atoms with E-state index in [4.69, 9.17) is 4.74 Å². The monoisotopic (exact) mass is 752 g/mol. The number of carbonyl (C=O) groups excluding carboxylic acids is 1. The lowest BCUT2D eigenvalue weighted by atomic mass is 9.88. The second-order valence-electron chi connectivity index (χ2n) is 11.1. The van der Waals surface area contributed by atoms with Crippen molar-refractivity contribution in [3.63, 3.8) is 0 Å². The van der Waals surface area contributed by atoms with Crippen LogP contribution >= 0.6 is 0 Å². The SMILES string of the molecule is CCCCCCCCCCCCOC(=O)c1ccc(OCCC(F)(F)C(F)(F)C(F)(F)C(F)(F)C(F)(F)C(F)(F)C(F)(F)C(F)(F)F)cc1. The van der Waals surface area contributed by atoms with Crippen molar-refractivity contribution in [2.45, 2.75) is 125 Å². The second kappa shape index (κ2) is 16.5. The third-order valence-electron chi connectivity index (χ3n) is 7.29. The zero-order chi connectivity index (χ0) is 38.2. The molecule has 0 saturated carbocycles. The Bertz CT molecular complexity index is 1170. The van der Waals surface area contributed by atoms with Crippen LogP contribution < -0.4 is 4.74 Å². The Hall–Kier alpha value is -2.70. The van der Waals surface area contributed by atoms with Gasteiger partial charge in [0.15, 0.2) is 0 Å². The van der Waals surface area contributed by atoms with Crippen LogP contribution in [0, 0.1) is 0 Å². The van der Waals surface area contributed by atoms with Gasteiger partial charge in [-0.25, -0.2) is 4.79 Å². The lowest BCUT2D eigenvalue weighted by molar-refractivity contribution is -0.461. The van der Waals surface area contributed by atoms with Gasteiger partial charge in [0.1, 0.15) is 5.75 Å². The van der Waals surface area contributed by atoms with Crippen LogP contribution in [0.4, 0.5) is 74.6 Å². The fourth-order valence-electron chi connectivity index (χ4n) is 4.18. The molecule has 0 heterocycles. The fraction of sp³-hybridized carbons (Fsp3) is 0.759. The Morgan fingerprint density at radius 1 is 0.510 bits per heavy atom. The van der Waals surface area contributed by atoms with E-state index in [-0.39, 0.29) is 12.2 Å². The molecule has 286 valence electrons.